The summed E-state index contributed by atoms with van der Waals surface area (Å²) in [6, 6.07) is 6.08. The van der Waals surface area contributed by atoms with Gasteiger partial charge in [-0.2, -0.15) is 26.3 Å². The summed E-state index contributed by atoms with van der Waals surface area (Å²) in [4.78, 5) is 4.25. The molecular formula is C19H12F6N2O. The van der Waals surface area contributed by atoms with Crippen LogP contribution in [0.2, 0.25) is 0 Å². The first-order valence-electron chi connectivity index (χ1n) is 8.23. The van der Waals surface area contributed by atoms with E-state index in [1.165, 1.54) is 18.4 Å². The van der Waals surface area contributed by atoms with Crippen molar-refractivity contribution in [3.8, 4) is 11.1 Å². The molecule has 9 heteroatoms. The van der Waals surface area contributed by atoms with E-state index in [2.05, 4.69) is 10.3 Å². The van der Waals surface area contributed by atoms with E-state index in [1.54, 1.807) is 6.07 Å². The summed E-state index contributed by atoms with van der Waals surface area (Å²) in [5.74, 6) is 1.06. The van der Waals surface area contributed by atoms with Gasteiger partial charge in [-0.15, -0.1) is 0 Å². The second-order valence-corrected chi connectivity index (χ2v) is 6.32. The number of hydrogen-bond acceptors (Lipinski definition) is 3. The third-order valence-corrected chi connectivity index (χ3v) is 4.41. The number of halogens is 6. The van der Waals surface area contributed by atoms with E-state index in [9.17, 15) is 26.3 Å². The molecule has 0 fully saturated rings. The molecule has 3 nitrogen and oxygen atoms in total. The molecule has 1 aromatic heterocycles. The lowest BCUT2D eigenvalue weighted by Gasteiger charge is -2.14. The van der Waals surface area contributed by atoms with E-state index in [0.29, 0.717) is 47.6 Å². The van der Waals surface area contributed by atoms with Gasteiger partial charge in [0, 0.05) is 17.3 Å². The average molecular weight is 398 g/mol. The number of nitrogens with one attached hydrogen (secondary N) is 1. The molecule has 146 valence electrons. The van der Waals surface area contributed by atoms with Crippen molar-refractivity contribution >= 4 is 16.6 Å². The van der Waals surface area contributed by atoms with Crippen LogP contribution in [0.5, 0.6) is 0 Å². The molecule has 1 aliphatic heterocycles. The third-order valence-electron chi connectivity index (χ3n) is 4.41. The second kappa shape index (κ2) is 6.29. The highest BCUT2D eigenvalue weighted by atomic mass is 19.4. The minimum atomic E-state index is -4.89. The molecule has 2 aromatic carbocycles. The van der Waals surface area contributed by atoms with Gasteiger partial charge in [-0.1, -0.05) is 6.07 Å². The molecule has 0 aliphatic carbocycles. The van der Waals surface area contributed by atoms with Gasteiger partial charge in [0.25, 0.3) is 0 Å². The number of furan rings is 1. The van der Waals surface area contributed by atoms with Crippen LogP contribution in [0.15, 0.2) is 52.1 Å². The van der Waals surface area contributed by atoms with E-state index in [0.717, 1.165) is 0 Å². The summed E-state index contributed by atoms with van der Waals surface area (Å²) >= 11 is 0. The van der Waals surface area contributed by atoms with Gasteiger partial charge in [-0.3, -0.25) is 4.99 Å². The summed E-state index contributed by atoms with van der Waals surface area (Å²) in [5, 5.41) is 4.27. The van der Waals surface area contributed by atoms with Crippen LogP contribution >= 0.6 is 0 Å². The van der Waals surface area contributed by atoms with Crippen molar-refractivity contribution in [2.75, 3.05) is 13.1 Å². The number of fused-ring (bicyclic) bond motifs is 1. The van der Waals surface area contributed by atoms with Crippen LogP contribution in [-0.4, -0.2) is 18.9 Å². The van der Waals surface area contributed by atoms with Gasteiger partial charge in [0.2, 0.25) is 0 Å². The molecule has 1 N–H and O–H groups in total. The molecule has 3 aromatic rings. The van der Waals surface area contributed by atoms with Gasteiger partial charge in [-0.25, -0.2) is 0 Å². The lowest BCUT2D eigenvalue weighted by atomic mass is 9.97. The fourth-order valence-electron chi connectivity index (χ4n) is 3.09. The Bertz CT molecular complexity index is 1050. The molecular weight excluding hydrogens is 386 g/mol. The molecule has 0 saturated heterocycles. The topological polar surface area (TPSA) is 37.5 Å². The van der Waals surface area contributed by atoms with Gasteiger partial charge in [0.15, 0.2) is 11.6 Å². The molecule has 0 bridgehead atoms. The Balaban J connectivity index is 1.83. The summed E-state index contributed by atoms with van der Waals surface area (Å²) in [5.41, 5.74) is -2.66. The van der Waals surface area contributed by atoms with Crippen molar-refractivity contribution in [1.29, 1.82) is 0 Å². The summed E-state index contributed by atoms with van der Waals surface area (Å²) < 4.78 is 84.0. The fourth-order valence-corrected chi connectivity index (χ4v) is 3.09. The number of nitrogens with zero attached hydrogens (tertiary/aromatic N) is 1. The number of amidine groups is 1. The number of aliphatic imine (C=N–C) groups is 1. The number of benzene rings is 2. The minimum absolute atomic E-state index is 0.113. The van der Waals surface area contributed by atoms with Crippen molar-refractivity contribution in [3.63, 3.8) is 0 Å². The van der Waals surface area contributed by atoms with Gasteiger partial charge in [0.1, 0.15) is 0 Å². The molecule has 0 unspecified atom stereocenters. The highest BCUT2D eigenvalue weighted by Crippen LogP contribution is 2.39. The molecule has 0 amide bonds. The minimum Gasteiger partial charge on any atom is -0.460 e. The second-order valence-electron chi connectivity index (χ2n) is 6.32. The first-order valence-corrected chi connectivity index (χ1v) is 8.23. The highest BCUT2D eigenvalue weighted by Gasteiger charge is 2.37. The van der Waals surface area contributed by atoms with E-state index in [4.69, 9.17) is 4.42 Å². The smallest absolute Gasteiger partial charge is 0.416 e. The molecule has 0 radical (unpaired) electrons. The van der Waals surface area contributed by atoms with Crippen LogP contribution in [0.1, 0.15) is 16.9 Å². The van der Waals surface area contributed by atoms with Crippen molar-refractivity contribution in [1.82, 2.24) is 5.32 Å². The van der Waals surface area contributed by atoms with Crippen molar-refractivity contribution in [2.24, 2.45) is 4.99 Å². The molecule has 28 heavy (non-hydrogen) atoms. The Morgan fingerprint density at radius 3 is 2.11 bits per heavy atom. The summed E-state index contributed by atoms with van der Waals surface area (Å²) in [6.07, 6.45) is -8.39. The Morgan fingerprint density at radius 1 is 0.857 bits per heavy atom. The first kappa shape index (κ1) is 18.4. The van der Waals surface area contributed by atoms with Gasteiger partial charge in [-0.05, 0) is 41.5 Å². The zero-order valence-corrected chi connectivity index (χ0v) is 14.1. The number of alkyl halides is 6. The van der Waals surface area contributed by atoms with Gasteiger partial charge >= 0.3 is 12.4 Å². The standard InChI is InChI=1S/C19H12F6N2O/c20-18(21,22)13-6-11(7-14(8-13)19(23,24)25)10-1-2-15-12(5-10)9-28-16(15)17-26-3-4-27-17/h1-2,5-9H,3-4H2,(H,26,27). The van der Waals surface area contributed by atoms with Crippen LogP contribution in [0.3, 0.4) is 0 Å². The summed E-state index contributed by atoms with van der Waals surface area (Å²) in [7, 11) is 0. The molecule has 1 aliphatic rings. The zero-order chi connectivity index (χ0) is 20.1. The average Bonchev–Trinajstić information content (AvgIpc) is 3.28. The number of hydrogen-bond donors (Lipinski definition) is 1. The SMILES string of the molecule is FC(F)(F)c1cc(-c2ccc3c(C4=NCCN4)occ3c2)cc(C(F)(F)F)c1. The lowest BCUT2D eigenvalue weighted by molar-refractivity contribution is -0.143. The maximum atomic E-state index is 13.1. The van der Waals surface area contributed by atoms with Gasteiger partial charge in [0.05, 0.1) is 23.9 Å². The number of rotatable bonds is 2. The van der Waals surface area contributed by atoms with E-state index in [1.807, 2.05) is 0 Å². The van der Waals surface area contributed by atoms with E-state index >= 15 is 0 Å². The van der Waals surface area contributed by atoms with Crippen molar-refractivity contribution < 1.29 is 30.8 Å². The molecule has 0 spiro atoms. The predicted molar refractivity (Wildman–Crippen MR) is 91.1 cm³/mol. The van der Waals surface area contributed by atoms with E-state index < -0.39 is 23.5 Å². The normalized spacial score (nSPS) is 15.0. The van der Waals surface area contributed by atoms with Crippen LogP contribution < -0.4 is 5.32 Å². The molecule has 0 atom stereocenters. The first-order chi connectivity index (χ1) is 13.1. The molecule has 4 rings (SSSR count). The van der Waals surface area contributed by atoms with Crippen molar-refractivity contribution in [2.45, 2.75) is 12.4 Å². The van der Waals surface area contributed by atoms with Crippen LogP contribution in [0.25, 0.3) is 21.9 Å². The largest absolute Gasteiger partial charge is 0.460 e. The zero-order valence-electron chi connectivity index (χ0n) is 14.1. The van der Waals surface area contributed by atoms with Gasteiger partial charge < -0.3 is 9.73 Å². The molecule has 0 saturated carbocycles. The van der Waals surface area contributed by atoms with Crippen LogP contribution in [-0.2, 0) is 12.4 Å². The Kier molecular flexibility index (Phi) is 4.13. The highest BCUT2D eigenvalue weighted by molar-refractivity contribution is 6.08. The quantitative estimate of drug-likeness (QED) is 0.580. The monoisotopic (exact) mass is 398 g/mol. The molecule has 2 heterocycles. The van der Waals surface area contributed by atoms with Crippen molar-refractivity contribution in [3.05, 3.63) is 59.5 Å². The summed E-state index contributed by atoms with van der Waals surface area (Å²) in [6.45, 7) is 1.26. The maximum Gasteiger partial charge on any atom is 0.416 e. The predicted octanol–water partition coefficient (Wildman–Crippen LogP) is 5.49. The Hall–Kier alpha value is -2.97. The Morgan fingerprint density at radius 2 is 1.54 bits per heavy atom. The third kappa shape index (κ3) is 3.32. The van der Waals surface area contributed by atoms with Crippen LogP contribution in [0.4, 0.5) is 26.3 Å². The van der Waals surface area contributed by atoms with Crippen LogP contribution in [0, 0.1) is 0 Å². The maximum absolute atomic E-state index is 13.1. The fraction of sp³-hybridized carbons (Fsp3) is 0.211. The Labute approximate surface area is 154 Å². The van der Waals surface area contributed by atoms with E-state index in [-0.39, 0.29) is 17.2 Å². The lowest BCUT2D eigenvalue weighted by Crippen LogP contribution is -2.18.